The molecule has 0 atom stereocenters. The Balaban J connectivity index is 1.87. The highest BCUT2D eigenvalue weighted by Gasteiger charge is 2.14. The van der Waals surface area contributed by atoms with Gasteiger partial charge in [-0.3, -0.25) is 9.52 Å². The summed E-state index contributed by atoms with van der Waals surface area (Å²) in [5, 5.41) is 14.4. The second-order valence-electron chi connectivity index (χ2n) is 6.84. The maximum absolute atomic E-state index is 14.3. The Labute approximate surface area is 194 Å². The number of anilines is 5. The Hall–Kier alpha value is -3.75. The van der Waals surface area contributed by atoms with Crippen LogP contribution >= 0.6 is 11.6 Å². The van der Waals surface area contributed by atoms with Gasteiger partial charge in [-0.25, -0.2) is 17.8 Å². The van der Waals surface area contributed by atoms with E-state index in [1.165, 1.54) is 18.3 Å². The lowest BCUT2D eigenvalue weighted by Gasteiger charge is -2.14. The molecule has 0 aliphatic rings. The van der Waals surface area contributed by atoms with E-state index < -0.39 is 15.8 Å². The van der Waals surface area contributed by atoms with Crippen LogP contribution in [0.5, 0.6) is 0 Å². The number of nitriles is 1. The molecule has 0 aliphatic carbocycles. The molecule has 2 aromatic carbocycles. The van der Waals surface area contributed by atoms with Crippen molar-refractivity contribution in [3.63, 3.8) is 0 Å². The first kappa shape index (κ1) is 23.9. The number of aromatic nitrogens is 2. The third-order valence-corrected chi connectivity index (χ3v) is 5.09. The van der Waals surface area contributed by atoms with Gasteiger partial charge in [-0.1, -0.05) is 23.7 Å². The van der Waals surface area contributed by atoms with Crippen LogP contribution in [0.1, 0.15) is 23.2 Å². The highest BCUT2D eigenvalue weighted by atomic mass is 35.5. The molecular weight excluding hydrogens is 471 g/mol. The molecule has 0 aliphatic heterocycles. The van der Waals surface area contributed by atoms with Gasteiger partial charge in [0.2, 0.25) is 16.0 Å². The number of hydrogen-bond donors (Lipinski definition) is 3. The van der Waals surface area contributed by atoms with Gasteiger partial charge < -0.3 is 10.6 Å². The van der Waals surface area contributed by atoms with Gasteiger partial charge >= 0.3 is 0 Å². The van der Waals surface area contributed by atoms with Gasteiger partial charge in [-0.05, 0) is 30.3 Å². The predicted octanol–water partition coefficient (Wildman–Crippen LogP) is 4.61. The Bertz CT molecular complexity index is 1340. The average Bonchev–Trinajstić information content (AvgIpc) is 2.76. The minimum absolute atomic E-state index is 0.0176. The predicted molar refractivity (Wildman–Crippen MR) is 124 cm³/mol. The van der Waals surface area contributed by atoms with Crippen molar-refractivity contribution >= 4 is 56.2 Å². The van der Waals surface area contributed by atoms with Crippen molar-refractivity contribution < 1.29 is 17.6 Å². The number of ketones is 1. The summed E-state index contributed by atoms with van der Waals surface area (Å²) in [4.78, 5) is 20.4. The number of carbonyl (C=O) groups excluding carboxylic acids is 1. The van der Waals surface area contributed by atoms with Crippen LogP contribution in [-0.4, -0.2) is 30.4 Å². The van der Waals surface area contributed by atoms with Crippen molar-refractivity contribution in [2.24, 2.45) is 0 Å². The highest BCUT2D eigenvalue weighted by molar-refractivity contribution is 7.92. The molecule has 9 nitrogen and oxygen atoms in total. The zero-order valence-electron chi connectivity index (χ0n) is 17.3. The lowest BCUT2D eigenvalue weighted by atomic mass is 10.1. The molecular formula is C21H18ClFN6O3S. The number of halogens is 2. The molecule has 170 valence electrons. The van der Waals surface area contributed by atoms with E-state index >= 15 is 0 Å². The summed E-state index contributed by atoms with van der Waals surface area (Å²) in [6, 6.07) is 12.2. The van der Waals surface area contributed by atoms with Crippen molar-refractivity contribution in [3.8, 4) is 6.07 Å². The molecule has 0 saturated carbocycles. The van der Waals surface area contributed by atoms with Crippen LogP contribution < -0.4 is 15.4 Å². The van der Waals surface area contributed by atoms with Gasteiger partial charge in [0, 0.05) is 18.4 Å². The Morgan fingerprint density at radius 1 is 1.15 bits per heavy atom. The number of sulfonamides is 1. The average molecular weight is 489 g/mol. The van der Waals surface area contributed by atoms with Gasteiger partial charge in [0.15, 0.2) is 11.6 Å². The molecule has 3 rings (SSSR count). The summed E-state index contributed by atoms with van der Waals surface area (Å²) < 4.78 is 39.9. The monoisotopic (exact) mass is 488 g/mol. The number of Topliss-reactive ketones (excluding diaryl/α,β-unsaturated/α-hetero) is 1. The summed E-state index contributed by atoms with van der Waals surface area (Å²) in [6.45, 7) is 0. The molecule has 0 radical (unpaired) electrons. The lowest BCUT2D eigenvalue weighted by Crippen LogP contribution is -2.11. The van der Waals surface area contributed by atoms with Crippen molar-refractivity contribution in [2.75, 3.05) is 21.6 Å². The Kier molecular flexibility index (Phi) is 7.42. The fraction of sp³-hybridized carbons (Fsp3) is 0.143. The number of carbonyl (C=O) groups is 1. The zero-order valence-corrected chi connectivity index (χ0v) is 18.8. The molecule has 1 aromatic heterocycles. The molecule has 0 unspecified atom stereocenters. The van der Waals surface area contributed by atoms with Gasteiger partial charge in [0.25, 0.3) is 0 Å². The van der Waals surface area contributed by atoms with Gasteiger partial charge in [-0.15, -0.1) is 0 Å². The SMILES string of the molecule is CS(=O)(=O)Nc1ccccc1Nc1nc(Nc2cc(C(=O)CCC#N)ccc2F)ncc1Cl. The third-order valence-electron chi connectivity index (χ3n) is 4.22. The Morgan fingerprint density at radius 3 is 2.58 bits per heavy atom. The van der Waals surface area contributed by atoms with Crippen LogP contribution in [0, 0.1) is 17.1 Å². The number of hydrogen-bond acceptors (Lipinski definition) is 8. The molecule has 12 heteroatoms. The van der Waals surface area contributed by atoms with Crippen LogP contribution in [0.4, 0.5) is 33.2 Å². The maximum atomic E-state index is 14.3. The van der Waals surface area contributed by atoms with Crippen LogP contribution in [0.2, 0.25) is 5.02 Å². The maximum Gasteiger partial charge on any atom is 0.229 e. The van der Waals surface area contributed by atoms with E-state index in [0.29, 0.717) is 5.69 Å². The van der Waals surface area contributed by atoms with Crippen LogP contribution in [0.25, 0.3) is 0 Å². The lowest BCUT2D eigenvalue weighted by molar-refractivity contribution is 0.0984. The molecule has 1 heterocycles. The number of nitrogens with one attached hydrogen (secondary N) is 3. The molecule has 33 heavy (non-hydrogen) atoms. The van der Waals surface area contributed by atoms with E-state index in [-0.39, 0.29) is 52.4 Å². The summed E-state index contributed by atoms with van der Waals surface area (Å²) in [5.74, 6) is -0.814. The zero-order chi connectivity index (χ0) is 24.0. The van der Waals surface area contributed by atoms with E-state index in [4.69, 9.17) is 16.9 Å². The summed E-state index contributed by atoms with van der Waals surface area (Å²) in [5.41, 5.74) is 0.858. The van der Waals surface area contributed by atoms with Crippen LogP contribution in [0.15, 0.2) is 48.7 Å². The van der Waals surface area contributed by atoms with Crippen LogP contribution in [0.3, 0.4) is 0 Å². The summed E-state index contributed by atoms with van der Waals surface area (Å²) >= 11 is 6.18. The first-order valence-corrected chi connectivity index (χ1v) is 11.8. The second kappa shape index (κ2) is 10.2. The van der Waals surface area contributed by atoms with E-state index in [0.717, 1.165) is 12.3 Å². The fourth-order valence-electron chi connectivity index (χ4n) is 2.75. The van der Waals surface area contributed by atoms with Crippen molar-refractivity contribution in [3.05, 3.63) is 65.1 Å². The first-order valence-electron chi connectivity index (χ1n) is 9.49. The largest absolute Gasteiger partial charge is 0.337 e. The van der Waals surface area contributed by atoms with Gasteiger partial charge in [-0.2, -0.15) is 10.2 Å². The smallest absolute Gasteiger partial charge is 0.229 e. The summed E-state index contributed by atoms with van der Waals surface area (Å²) in [6.07, 6.45) is 2.39. The van der Waals surface area contributed by atoms with Gasteiger partial charge in [0.1, 0.15) is 10.8 Å². The van der Waals surface area contributed by atoms with Crippen molar-refractivity contribution in [1.29, 1.82) is 5.26 Å². The van der Waals surface area contributed by atoms with Crippen molar-refractivity contribution in [1.82, 2.24) is 9.97 Å². The third kappa shape index (κ3) is 6.61. The van der Waals surface area contributed by atoms with Crippen molar-refractivity contribution in [2.45, 2.75) is 12.8 Å². The molecule has 3 N–H and O–H groups in total. The molecule has 0 fully saturated rings. The van der Waals surface area contributed by atoms with E-state index in [9.17, 15) is 17.6 Å². The minimum Gasteiger partial charge on any atom is -0.337 e. The first-order chi connectivity index (χ1) is 15.7. The molecule has 0 spiro atoms. The minimum atomic E-state index is -3.53. The number of benzene rings is 2. The second-order valence-corrected chi connectivity index (χ2v) is 8.99. The number of para-hydroxylation sites is 2. The summed E-state index contributed by atoms with van der Waals surface area (Å²) in [7, 11) is -3.53. The van der Waals surface area contributed by atoms with E-state index in [1.54, 1.807) is 24.3 Å². The number of rotatable bonds is 9. The standard InChI is InChI=1S/C21H18ClFN6O3S/c1-33(31,32)29-17-6-3-2-5-16(17)26-20-14(22)12-25-21(28-20)27-18-11-13(8-9-15(18)23)19(30)7-4-10-24/h2-3,5-6,8-9,11-12,29H,4,7H2,1H3,(H2,25,26,27,28). The molecule has 0 saturated heterocycles. The number of nitrogens with zero attached hydrogens (tertiary/aromatic N) is 3. The molecule has 0 amide bonds. The topological polar surface area (TPSA) is 137 Å². The van der Waals surface area contributed by atoms with Crippen LogP contribution in [-0.2, 0) is 10.0 Å². The molecule has 3 aromatic rings. The molecule has 0 bridgehead atoms. The van der Waals surface area contributed by atoms with E-state index in [2.05, 4.69) is 25.3 Å². The Morgan fingerprint density at radius 2 is 1.88 bits per heavy atom. The van der Waals surface area contributed by atoms with E-state index in [1.807, 2.05) is 6.07 Å². The normalized spacial score (nSPS) is 10.8. The highest BCUT2D eigenvalue weighted by Crippen LogP contribution is 2.30. The fourth-order valence-corrected chi connectivity index (χ4v) is 3.47. The quantitative estimate of drug-likeness (QED) is 0.371. The van der Waals surface area contributed by atoms with Gasteiger partial charge in [0.05, 0.1) is 35.6 Å².